The molecule has 11 heavy (non-hydrogen) atoms. The topological polar surface area (TPSA) is 103 Å². The summed E-state index contributed by atoms with van der Waals surface area (Å²) in [6, 6.07) is 0. The number of carbonyl (C=O) groups is 1. The van der Waals surface area contributed by atoms with Crippen molar-refractivity contribution in [1.29, 1.82) is 10.5 Å². The Labute approximate surface area is 65.4 Å². The van der Waals surface area contributed by atoms with Crippen LogP contribution in [-0.2, 0) is 4.79 Å². The van der Waals surface area contributed by atoms with Crippen LogP contribution in [0.4, 0.5) is 0 Å². The van der Waals surface area contributed by atoms with E-state index in [1.54, 1.807) is 5.32 Å². The van der Waals surface area contributed by atoms with Crippen LogP contribution in [-0.4, -0.2) is 5.91 Å². The molecule has 0 aromatic carbocycles. The number of amides is 1. The Balaban J connectivity index is 0. The first kappa shape index (κ1) is 12.0. The van der Waals surface area contributed by atoms with E-state index in [0.717, 1.165) is 6.42 Å². The third-order valence-electron chi connectivity index (χ3n) is 0.608. The summed E-state index contributed by atoms with van der Waals surface area (Å²) in [6.07, 6.45) is 4.18. The van der Waals surface area contributed by atoms with Crippen molar-refractivity contribution in [2.75, 3.05) is 0 Å². The van der Waals surface area contributed by atoms with Gasteiger partial charge in [-0.1, -0.05) is 6.92 Å². The summed E-state index contributed by atoms with van der Waals surface area (Å²) in [5.74, 6) is -0.211. The molecule has 0 heterocycles. The first-order chi connectivity index (χ1) is 5.18. The summed E-state index contributed by atoms with van der Waals surface area (Å²) in [4.78, 5) is 9.82. The van der Waals surface area contributed by atoms with Gasteiger partial charge in [-0.05, 0) is 6.42 Å². The molecule has 0 rings (SSSR count). The number of carbonyl (C=O) groups excluding carboxylic acids is 1. The number of nitrogens with zero attached hydrogens (tertiary/aromatic N) is 2. The minimum absolute atomic E-state index is 0.211. The fourth-order valence-corrected chi connectivity index (χ4v) is 0.271. The lowest BCUT2D eigenvalue weighted by atomic mass is 10.3. The molecule has 0 aromatic rings. The lowest BCUT2D eigenvalue weighted by Crippen LogP contribution is -2.08. The maximum absolute atomic E-state index is 9.82. The third-order valence-corrected chi connectivity index (χ3v) is 0.608. The molecule has 0 aromatic heterocycles. The number of hydrogen-bond acceptors (Lipinski definition) is 4. The van der Waals surface area contributed by atoms with Crippen LogP contribution in [0.2, 0.25) is 0 Å². The van der Waals surface area contributed by atoms with Crippen LogP contribution in [0.1, 0.15) is 19.8 Å². The van der Waals surface area contributed by atoms with Crippen LogP contribution in [0.5, 0.6) is 0 Å². The lowest BCUT2D eigenvalue weighted by molar-refractivity contribution is -0.118. The molecule has 0 aliphatic rings. The number of rotatable bonds is 2. The highest BCUT2D eigenvalue weighted by Crippen LogP contribution is 1.79. The van der Waals surface area contributed by atoms with Crippen LogP contribution in [0.3, 0.4) is 0 Å². The molecule has 0 spiro atoms. The SMILES string of the molecule is CCCC(N)=O.N#CNC#N. The summed E-state index contributed by atoms with van der Waals surface area (Å²) in [6.45, 7) is 1.92. The zero-order valence-electron chi connectivity index (χ0n) is 6.29. The summed E-state index contributed by atoms with van der Waals surface area (Å²) >= 11 is 0. The van der Waals surface area contributed by atoms with Gasteiger partial charge in [0.1, 0.15) is 0 Å². The van der Waals surface area contributed by atoms with Gasteiger partial charge in [0, 0.05) is 6.42 Å². The number of nitrogens with one attached hydrogen (secondary N) is 1. The Kier molecular flexibility index (Phi) is 12.1. The predicted molar refractivity (Wildman–Crippen MR) is 38.5 cm³/mol. The quantitative estimate of drug-likeness (QED) is 0.425. The van der Waals surface area contributed by atoms with Crippen molar-refractivity contribution in [2.45, 2.75) is 19.8 Å². The standard InChI is InChI=1S/C4H9NO.C2HN3/c1-2-3-4(5)6;3-1-5-2-4/h2-3H2,1H3,(H2,5,6);5H. The molecular formula is C6H10N4O. The van der Waals surface area contributed by atoms with Crippen molar-refractivity contribution in [3.63, 3.8) is 0 Å². The lowest BCUT2D eigenvalue weighted by Gasteiger charge is -1.81. The molecule has 0 atom stereocenters. The van der Waals surface area contributed by atoms with E-state index in [4.69, 9.17) is 16.3 Å². The minimum Gasteiger partial charge on any atom is -0.370 e. The van der Waals surface area contributed by atoms with Gasteiger partial charge in [0.25, 0.3) is 0 Å². The van der Waals surface area contributed by atoms with E-state index >= 15 is 0 Å². The highest BCUT2D eigenvalue weighted by atomic mass is 16.1. The second-order valence-corrected chi connectivity index (χ2v) is 1.56. The molecule has 0 saturated carbocycles. The van der Waals surface area contributed by atoms with Gasteiger partial charge in [-0.2, -0.15) is 10.5 Å². The summed E-state index contributed by atoms with van der Waals surface area (Å²) in [5.41, 5.74) is 4.76. The van der Waals surface area contributed by atoms with Crippen LogP contribution < -0.4 is 11.1 Å². The van der Waals surface area contributed by atoms with Gasteiger partial charge in [0.2, 0.25) is 5.91 Å². The molecule has 0 unspecified atom stereocenters. The van der Waals surface area contributed by atoms with E-state index in [1.165, 1.54) is 12.4 Å². The van der Waals surface area contributed by atoms with E-state index in [2.05, 4.69) is 0 Å². The number of nitriles is 2. The van der Waals surface area contributed by atoms with Gasteiger partial charge >= 0.3 is 0 Å². The van der Waals surface area contributed by atoms with Crippen LogP contribution >= 0.6 is 0 Å². The minimum atomic E-state index is -0.211. The second-order valence-electron chi connectivity index (χ2n) is 1.56. The zero-order valence-corrected chi connectivity index (χ0v) is 6.29. The second kappa shape index (κ2) is 11.1. The molecular weight excluding hydrogens is 144 g/mol. The Morgan fingerprint density at radius 2 is 2.00 bits per heavy atom. The number of primary amides is 1. The van der Waals surface area contributed by atoms with E-state index in [-0.39, 0.29) is 5.91 Å². The fraction of sp³-hybridized carbons (Fsp3) is 0.500. The highest BCUT2D eigenvalue weighted by Gasteiger charge is 1.84. The van der Waals surface area contributed by atoms with Crippen molar-refractivity contribution in [3.8, 4) is 12.4 Å². The van der Waals surface area contributed by atoms with Crippen molar-refractivity contribution in [1.82, 2.24) is 5.32 Å². The normalized spacial score (nSPS) is 6.09. The molecule has 0 aliphatic carbocycles. The summed E-state index contributed by atoms with van der Waals surface area (Å²) in [7, 11) is 0. The van der Waals surface area contributed by atoms with E-state index in [9.17, 15) is 4.79 Å². The van der Waals surface area contributed by atoms with Crippen molar-refractivity contribution < 1.29 is 4.79 Å². The van der Waals surface area contributed by atoms with Gasteiger partial charge in [-0.15, -0.1) is 0 Å². The summed E-state index contributed by atoms with van der Waals surface area (Å²) < 4.78 is 0. The van der Waals surface area contributed by atoms with Crippen molar-refractivity contribution >= 4 is 5.91 Å². The molecule has 0 radical (unpaired) electrons. The monoisotopic (exact) mass is 154 g/mol. The molecule has 5 nitrogen and oxygen atoms in total. The van der Waals surface area contributed by atoms with E-state index in [1.807, 2.05) is 6.92 Å². The van der Waals surface area contributed by atoms with Gasteiger partial charge < -0.3 is 5.73 Å². The molecule has 0 saturated heterocycles. The van der Waals surface area contributed by atoms with Crippen LogP contribution in [0, 0.1) is 22.9 Å². The Morgan fingerprint density at radius 1 is 1.55 bits per heavy atom. The largest absolute Gasteiger partial charge is 0.370 e. The summed E-state index contributed by atoms with van der Waals surface area (Å²) in [5, 5.41) is 16.7. The maximum atomic E-state index is 9.82. The molecule has 0 bridgehead atoms. The smallest absolute Gasteiger partial charge is 0.217 e. The van der Waals surface area contributed by atoms with Gasteiger partial charge in [0.15, 0.2) is 12.4 Å². The predicted octanol–water partition coefficient (Wildman–Crippen LogP) is -0.190. The molecule has 0 fully saturated rings. The van der Waals surface area contributed by atoms with E-state index in [0.29, 0.717) is 6.42 Å². The average molecular weight is 154 g/mol. The van der Waals surface area contributed by atoms with Crippen LogP contribution in [0.15, 0.2) is 0 Å². The first-order valence-electron chi connectivity index (χ1n) is 3.00. The Hall–Kier alpha value is -1.75. The molecule has 5 heteroatoms. The van der Waals surface area contributed by atoms with Gasteiger partial charge in [-0.3, -0.25) is 4.79 Å². The molecule has 1 amide bonds. The van der Waals surface area contributed by atoms with Crippen molar-refractivity contribution in [2.24, 2.45) is 5.73 Å². The van der Waals surface area contributed by atoms with Crippen LogP contribution in [0.25, 0.3) is 0 Å². The number of nitrogens with two attached hydrogens (primary N) is 1. The van der Waals surface area contributed by atoms with Gasteiger partial charge in [-0.25, -0.2) is 5.32 Å². The van der Waals surface area contributed by atoms with Crippen molar-refractivity contribution in [3.05, 3.63) is 0 Å². The first-order valence-corrected chi connectivity index (χ1v) is 3.00. The Morgan fingerprint density at radius 3 is 2.00 bits per heavy atom. The fourth-order valence-electron chi connectivity index (χ4n) is 0.271. The maximum Gasteiger partial charge on any atom is 0.217 e. The zero-order chi connectivity index (χ0) is 9.11. The highest BCUT2D eigenvalue weighted by molar-refractivity contribution is 5.73. The number of hydrogen-bond donors (Lipinski definition) is 2. The van der Waals surface area contributed by atoms with E-state index < -0.39 is 0 Å². The molecule has 60 valence electrons. The average Bonchev–Trinajstić information content (AvgIpc) is 1.90. The third kappa shape index (κ3) is 30.5. The Bertz CT molecular complexity index is 164. The molecule has 3 N–H and O–H groups in total. The van der Waals surface area contributed by atoms with Gasteiger partial charge in [0.05, 0.1) is 0 Å². The molecule has 0 aliphatic heterocycles.